The zero-order chi connectivity index (χ0) is 12.3. The summed E-state index contributed by atoms with van der Waals surface area (Å²) in [6, 6.07) is 2.19. The van der Waals surface area contributed by atoms with Gasteiger partial charge in [0, 0.05) is 19.7 Å². The lowest BCUT2D eigenvalue weighted by molar-refractivity contribution is 0.0696. The number of hydrogen-bond acceptors (Lipinski definition) is 4. The first kappa shape index (κ1) is 12.1. The third-order valence-electron chi connectivity index (χ3n) is 2.91. The number of rotatable bonds is 7. The highest BCUT2D eigenvalue weighted by atomic mass is 16.5. The first-order valence-corrected chi connectivity index (χ1v) is 5.74. The molecule has 0 spiro atoms. The van der Waals surface area contributed by atoms with Gasteiger partial charge in [0.1, 0.15) is 12.0 Å². The van der Waals surface area contributed by atoms with Crippen LogP contribution in [0.3, 0.4) is 0 Å². The Hall–Kier alpha value is -1.33. The highest BCUT2D eigenvalue weighted by molar-refractivity contribution is 5.87. The maximum atomic E-state index is 10.7. The molecule has 0 saturated heterocycles. The fourth-order valence-corrected chi connectivity index (χ4v) is 1.81. The number of furan rings is 1. The number of carboxylic acids is 1. The summed E-state index contributed by atoms with van der Waals surface area (Å²) >= 11 is 0. The van der Waals surface area contributed by atoms with Crippen LogP contribution in [0.5, 0.6) is 0 Å². The first-order chi connectivity index (χ1) is 8.20. The molecule has 0 atom stereocenters. The molecule has 2 rings (SSSR count). The van der Waals surface area contributed by atoms with E-state index in [1.165, 1.54) is 19.1 Å². The summed E-state index contributed by atoms with van der Waals surface area (Å²) in [7, 11) is 1.68. The molecule has 1 aliphatic carbocycles. The zero-order valence-electron chi connectivity index (χ0n) is 9.89. The van der Waals surface area contributed by atoms with Crippen molar-refractivity contribution < 1.29 is 19.1 Å². The van der Waals surface area contributed by atoms with E-state index >= 15 is 0 Å². The molecule has 1 fully saturated rings. The molecule has 5 nitrogen and oxygen atoms in total. The third kappa shape index (κ3) is 3.31. The van der Waals surface area contributed by atoms with Crippen molar-refractivity contribution in [3.63, 3.8) is 0 Å². The molecule has 0 aromatic carbocycles. The second kappa shape index (κ2) is 5.33. The van der Waals surface area contributed by atoms with Crippen LogP contribution in [0.2, 0.25) is 0 Å². The molecule has 1 aliphatic rings. The summed E-state index contributed by atoms with van der Waals surface area (Å²) in [6.07, 6.45) is 3.70. The molecule has 1 aromatic heterocycles. The van der Waals surface area contributed by atoms with Gasteiger partial charge in [-0.05, 0) is 18.9 Å². The van der Waals surface area contributed by atoms with E-state index in [2.05, 4.69) is 4.90 Å². The number of ether oxygens (including phenoxy) is 1. The second-order valence-corrected chi connectivity index (χ2v) is 4.30. The van der Waals surface area contributed by atoms with Gasteiger partial charge in [0.2, 0.25) is 0 Å². The number of aromatic carboxylic acids is 1. The standard InChI is InChI=1S/C12H17NO4/c1-16-5-4-13(10-2-3-10)7-11-6-9(8-17-11)12(14)15/h6,8,10H,2-5,7H2,1H3,(H,14,15). The molecule has 17 heavy (non-hydrogen) atoms. The summed E-state index contributed by atoms with van der Waals surface area (Å²) in [5, 5.41) is 8.80. The smallest absolute Gasteiger partial charge is 0.338 e. The Balaban J connectivity index is 1.93. The van der Waals surface area contributed by atoms with Gasteiger partial charge in [-0.1, -0.05) is 0 Å². The summed E-state index contributed by atoms with van der Waals surface area (Å²) in [4.78, 5) is 13.0. The monoisotopic (exact) mass is 239 g/mol. The van der Waals surface area contributed by atoms with Crippen LogP contribution in [-0.2, 0) is 11.3 Å². The lowest BCUT2D eigenvalue weighted by Crippen LogP contribution is -2.28. The van der Waals surface area contributed by atoms with Crippen molar-refractivity contribution in [1.82, 2.24) is 4.90 Å². The van der Waals surface area contributed by atoms with Crippen LogP contribution in [0.15, 0.2) is 16.7 Å². The van der Waals surface area contributed by atoms with Gasteiger partial charge < -0.3 is 14.3 Å². The van der Waals surface area contributed by atoms with Crippen molar-refractivity contribution in [1.29, 1.82) is 0 Å². The minimum Gasteiger partial charge on any atom is -0.478 e. The largest absolute Gasteiger partial charge is 0.478 e. The summed E-state index contributed by atoms with van der Waals surface area (Å²) in [6.45, 7) is 2.19. The van der Waals surface area contributed by atoms with E-state index in [0.29, 0.717) is 25.0 Å². The van der Waals surface area contributed by atoms with Crippen LogP contribution < -0.4 is 0 Å². The molecule has 1 N–H and O–H groups in total. The van der Waals surface area contributed by atoms with Crippen molar-refractivity contribution >= 4 is 5.97 Å². The van der Waals surface area contributed by atoms with Gasteiger partial charge in [0.05, 0.1) is 18.7 Å². The molecule has 0 bridgehead atoms. The van der Waals surface area contributed by atoms with Crippen molar-refractivity contribution in [2.75, 3.05) is 20.3 Å². The third-order valence-corrected chi connectivity index (χ3v) is 2.91. The summed E-state index contributed by atoms with van der Waals surface area (Å²) < 4.78 is 10.3. The van der Waals surface area contributed by atoms with Crippen LogP contribution in [0.4, 0.5) is 0 Å². The Kier molecular flexibility index (Phi) is 3.81. The van der Waals surface area contributed by atoms with Gasteiger partial charge in [0.15, 0.2) is 0 Å². The Morgan fingerprint density at radius 1 is 1.65 bits per heavy atom. The number of nitrogens with zero attached hydrogens (tertiary/aromatic N) is 1. The average Bonchev–Trinajstić information content (AvgIpc) is 3.04. The predicted octanol–water partition coefficient (Wildman–Crippen LogP) is 1.59. The Bertz CT molecular complexity index is 384. The minimum atomic E-state index is -0.949. The summed E-state index contributed by atoms with van der Waals surface area (Å²) in [5.74, 6) is -0.250. The van der Waals surface area contributed by atoms with Gasteiger partial charge >= 0.3 is 5.97 Å². The normalized spacial score (nSPS) is 15.4. The van der Waals surface area contributed by atoms with E-state index in [9.17, 15) is 4.79 Å². The van der Waals surface area contributed by atoms with E-state index in [1.54, 1.807) is 13.2 Å². The molecule has 1 heterocycles. The molecule has 1 saturated carbocycles. The van der Waals surface area contributed by atoms with Gasteiger partial charge in [-0.25, -0.2) is 4.79 Å². The number of hydrogen-bond donors (Lipinski definition) is 1. The lowest BCUT2D eigenvalue weighted by atomic mass is 10.3. The maximum absolute atomic E-state index is 10.7. The van der Waals surface area contributed by atoms with Crippen molar-refractivity contribution in [3.8, 4) is 0 Å². The van der Waals surface area contributed by atoms with E-state index in [0.717, 1.165) is 6.54 Å². The fourth-order valence-electron chi connectivity index (χ4n) is 1.81. The van der Waals surface area contributed by atoms with Crippen LogP contribution >= 0.6 is 0 Å². The molecule has 94 valence electrons. The fraction of sp³-hybridized carbons (Fsp3) is 0.583. The van der Waals surface area contributed by atoms with Crippen LogP contribution in [0.1, 0.15) is 29.0 Å². The van der Waals surface area contributed by atoms with E-state index in [1.807, 2.05) is 0 Å². The molecular formula is C12H17NO4. The average molecular weight is 239 g/mol. The highest BCUT2D eigenvalue weighted by Crippen LogP contribution is 2.28. The molecule has 1 aromatic rings. The minimum absolute atomic E-state index is 0.211. The summed E-state index contributed by atoms with van der Waals surface area (Å²) in [5.41, 5.74) is 0.211. The highest BCUT2D eigenvalue weighted by Gasteiger charge is 2.29. The molecule has 5 heteroatoms. The predicted molar refractivity (Wildman–Crippen MR) is 61.0 cm³/mol. The molecule has 0 amide bonds. The topological polar surface area (TPSA) is 62.9 Å². The van der Waals surface area contributed by atoms with E-state index in [4.69, 9.17) is 14.3 Å². The first-order valence-electron chi connectivity index (χ1n) is 5.74. The SMILES string of the molecule is COCCN(Cc1cc(C(=O)O)co1)C1CC1. The maximum Gasteiger partial charge on any atom is 0.338 e. The van der Waals surface area contributed by atoms with E-state index < -0.39 is 5.97 Å². The van der Waals surface area contributed by atoms with Crippen LogP contribution in [0.25, 0.3) is 0 Å². The van der Waals surface area contributed by atoms with Crippen molar-refractivity contribution in [3.05, 3.63) is 23.7 Å². The van der Waals surface area contributed by atoms with Crippen molar-refractivity contribution in [2.45, 2.75) is 25.4 Å². The van der Waals surface area contributed by atoms with Crippen LogP contribution in [0, 0.1) is 0 Å². The van der Waals surface area contributed by atoms with Gasteiger partial charge in [-0.15, -0.1) is 0 Å². The van der Waals surface area contributed by atoms with Crippen molar-refractivity contribution in [2.24, 2.45) is 0 Å². The molecule has 0 unspecified atom stereocenters. The van der Waals surface area contributed by atoms with Crippen LogP contribution in [-0.4, -0.2) is 42.3 Å². The van der Waals surface area contributed by atoms with E-state index in [-0.39, 0.29) is 5.56 Å². The Labute approximate surface area is 100.0 Å². The number of carboxylic acid groups (broad SMARTS) is 1. The lowest BCUT2D eigenvalue weighted by Gasteiger charge is -2.19. The number of methoxy groups -OCH3 is 1. The Morgan fingerprint density at radius 3 is 2.94 bits per heavy atom. The molecular weight excluding hydrogens is 222 g/mol. The van der Waals surface area contributed by atoms with Gasteiger partial charge in [-0.2, -0.15) is 0 Å². The zero-order valence-corrected chi connectivity index (χ0v) is 9.89. The Morgan fingerprint density at radius 2 is 2.41 bits per heavy atom. The quantitative estimate of drug-likeness (QED) is 0.782. The molecule has 0 radical (unpaired) electrons. The second-order valence-electron chi connectivity index (χ2n) is 4.30. The molecule has 0 aliphatic heterocycles. The van der Waals surface area contributed by atoms with Gasteiger partial charge in [-0.3, -0.25) is 4.90 Å². The van der Waals surface area contributed by atoms with Gasteiger partial charge in [0.25, 0.3) is 0 Å². The number of carbonyl (C=O) groups is 1.